The van der Waals surface area contributed by atoms with Gasteiger partial charge >= 0.3 is 6.18 Å². The molecule has 0 amide bonds. The molecule has 2 radical (unpaired) electrons. The van der Waals surface area contributed by atoms with Crippen LogP contribution in [0.3, 0.4) is 0 Å². The average molecular weight is 589 g/mol. The van der Waals surface area contributed by atoms with Crippen molar-refractivity contribution in [3.05, 3.63) is 40.9 Å². The van der Waals surface area contributed by atoms with Crippen molar-refractivity contribution in [2.75, 3.05) is 0 Å². The molecule has 0 unspecified atom stereocenters. The minimum absolute atomic E-state index is 0.129. The Morgan fingerprint density at radius 2 is 1.77 bits per heavy atom. The van der Waals surface area contributed by atoms with Crippen LogP contribution in [-0.4, -0.2) is 53.8 Å². The Morgan fingerprint density at radius 3 is 2.28 bits per heavy atom. The van der Waals surface area contributed by atoms with E-state index in [-0.39, 0.29) is 36.3 Å². The van der Waals surface area contributed by atoms with Crippen molar-refractivity contribution in [3.8, 4) is 39.0 Å². The zero-order chi connectivity index (χ0) is 29.5. The summed E-state index contributed by atoms with van der Waals surface area (Å²) in [6.07, 6.45) is -5.57. The van der Waals surface area contributed by atoms with Gasteiger partial charge in [0.2, 0.25) is 5.88 Å². The fourth-order valence-corrected chi connectivity index (χ4v) is 4.73. The molecule has 0 spiro atoms. The zero-order valence-electron chi connectivity index (χ0n) is 20.9. The van der Waals surface area contributed by atoms with Gasteiger partial charge in [0, 0.05) is 4.78 Å². The highest BCUT2D eigenvalue weighted by molar-refractivity contribution is 7.23. The van der Waals surface area contributed by atoms with Crippen molar-refractivity contribution >= 4 is 35.6 Å². The predicted octanol–water partition coefficient (Wildman–Crippen LogP) is 4.42. The zero-order valence-corrected chi connectivity index (χ0v) is 22.5. The van der Waals surface area contributed by atoms with E-state index in [2.05, 4.69) is 15.2 Å². The number of thiazole rings is 1. The molecule has 0 saturated heterocycles. The summed E-state index contributed by atoms with van der Waals surface area (Å²) in [5.74, 6) is -5.47. The van der Waals surface area contributed by atoms with Crippen molar-refractivity contribution in [1.82, 2.24) is 19.9 Å². The number of halogens is 5. The molecule has 3 heterocycles. The Labute approximate surface area is 229 Å². The molecule has 0 aliphatic carbocycles. The van der Waals surface area contributed by atoms with Crippen LogP contribution in [-0.2, 0) is 12.1 Å². The van der Waals surface area contributed by atoms with Gasteiger partial charge in [-0.1, -0.05) is 36.7 Å². The number of aromatic hydroxyl groups is 1. The molecule has 208 valence electrons. The summed E-state index contributed by atoms with van der Waals surface area (Å²) in [6, 6.07) is 3.65. The number of benzene rings is 1. The molecule has 9 nitrogen and oxygen atoms in total. The highest BCUT2D eigenvalue weighted by atomic mass is 35.5. The minimum Gasteiger partial charge on any atom is -0.493 e. The Hall–Kier alpha value is -2.98. The average Bonchev–Trinajstić information content (AvgIpc) is 3.50. The highest BCUT2D eigenvalue weighted by Crippen LogP contribution is 2.47. The van der Waals surface area contributed by atoms with Crippen molar-refractivity contribution in [3.63, 3.8) is 0 Å². The molecular weight excluding hydrogens is 567 g/mol. The van der Waals surface area contributed by atoms with Gasteiger partial charge in [0.1, 0.15) is 24.4 Å². The van der Waals surface area contributed by atoms with Crippen LogP contribution in [0.25, 0.3) is 33.2 Å². The maximum Gasteiger partial charge on any atom is 0.433 e. The van der Waals surface area contributed by atoms with Crippen molar-refractivity contribution < 1.29 is 42.5 Å². The molecule has 39 heavy (non-hydrogen) atoms. The smallest absolute Gasteiger partial charge is 0.433 e. The third-order valence-corrected chi connectivity index (χ3v) is 6.24. The SMILES string of the molecule is CC.[B]c1sc(-c2c(-c3c(F)cccc3Cl)noc2-c2cnn(C(O)(O)CC(C)(C)O)c2C(F)(F)F)nc1O. The first kappa shape index (κ1) is 30.6. The van der Waals surface area contributed by atoms with Crippen LogP contribution >= 0.6 is 22.9 Å². The van der Waals surface area contributed by atoms with Crippen LogP contribution in [0.5, 0.6) is 5.88 Å². The highest BCUT2D eigenvalue weighted by Gasteiger charge is 2.47. The third kappa shape index (κ3) is 6.12. The van der Waals surface area contributed by atoms with Crippen molar-refractivity contribution in [2.24, 2.45) is 0 Å². The van der Waals surface area contributed by atoms with E-state index in [0.717, 1.165) is 19.9 Å². The molecule has 0 fully saturated rings. The fourth-order valence-electron chi connectivity index (χ4n) is 3.71. The lowest BCUT2D eigenvalue weighted by Crippen LogP contribution is -2.43. The standard InChI is InChI=1S/C21H16BClF4N4O5S.C2H6/c1-19(2,33)7-20(34,35)31-15(21(25,26)27)8(6-28-31)14-12(18-29-17(32)16(22)37-18)13(30-36-14)11-9(23)4-3-5-10(11)24;1-2/h3-6,32-35H,7H2,1-2H3;1-2H3. The minimum atomic E-state index is -5.24. The molecule has 3 aromatic heterocycles. The Morgan fingerprint density at radius 1 is 1.13 bits per heavy atom. The van der Waals surface area contributed by atoms with Crippen LogP contribution in [0.2, 0.25) is 5.02 Å². The second-order valence-electron chi connectivity index (χ2n) is 8.62. The summed E-state index contributed by atoms with van der Waals surface area (Å²) in [5, 5.41) is 47.6. The maximum atomic E-state index is 14.8. The van der Waals surface area contributed by atoms with Gasteiger partial charge in [-0.15, -0.1) is 11.3 Å². The summed E-state index contributed by atoms with van der Waals surface area (Å²) >= 11 is 6.79. The van der Waals surface area contributed by atoms with E-state index in [9.17, 15) is 38.0 Å². The molecule has 1 aromatic carbocycles. The number of alkyl halides is 3. The molecule has 0 aliphatic rings. The van der Waals surface area contributed by atoms with E-state index in [1.807, 2.05) is 13.8 Å². The number of rotatable bonds is 6. The van der Waals surface area contributed by atoms with E-state index in [1.165, 1.54) is 12.1 Å². The van der Waals surface area contributed by atoms with Gasteiger partial charge in [0.15, 0.2) is 11.5 Å². The number of hydrogen-bond acceptors (Lipinski definition) is 9. The molecular formula is C23H22BClF4N4O5S. The molecule has 0 bridgehead atoms. The first-order chi connectivity index (χ1) is 18.0. The molecule has 0 saturated carbocycles. The quantitative estimate of drug-likeness (QED) is 0.148. The van der Waals surface area contributed by atoms with Gasteiger partial charge in [-0.2, -0.15) is 18.3 Å². The van der Waals surface area contributed by atoms with Gasteiger partial charge in [-0.25, -0.2) is 14.1 Å². The number of hydrogen-bond donors (Lipinski definition) is 4. The summed E-state index contributed by atoms with van der Waals surface area (Å²) in [7, 11) is 5.67. The first-order valence-corrected chi connectivity index (χ1v) is 12.4. The Bertz CT molecular complexity index is 1440. The summed E-state index contributed by atoms with van der Waals surface area (Å²) < 4.78 is 62.5. The van der Waals surface area contributed by atoms with Gasteiger partial charge in [-0.05, 0) is 26.0 Å². The van der Waals surface area contributed by atoms with Crippen LogP contribution in [0.15, 0.2) is 28.9 Å². The topological polar surface area (TPSA) is 138 Å². The predicted molar refractivity (Wildman–Crippen MR) is 136 cm³/mol. The van der Waals surface area contributed by atoms with Crippen molar-refractivity contribution in [1.29, 1.82) is 0 Å². The Balaban J connectivity index is 0.00000205. The van der Waals surface area contributed by atoms with Crippen LogP contribution < -0.4 is 4.78 Å². The van der Waals surface area contributed by atoms with Crippen LogP contribution in [0, 0.1) is 5.82 Å². The lowest BCUT2D eigenvalue weighted by atomic mass is 10.0. The number of aliphatic hydroxyl groups is 3. The Kier molecular flexibility index (Phi) is 8.53. The van der Waals surface area contributed by atoms with Gasteiger partial charge in [0.05, 0.1) is 39.9 Å². The number of nitrogens with zero attached hydrogens (tertiary/aromatic N) is 4. The molecule has 16 heteroatoms. The molecule has 0 aliphatic heterocycles. The van der Waals surface area contributed by atoms with Crippen LogP contribution in [0.4, 0.5) is 17.6 Å². The summed E-state index contributed by atoms with van der Waals surface area (Å²) in [4.78, 5) is 3.82. The first-order valence-electron chi connectivity index (χ1n) is 11.2. The third-order valence-electron chi connectivity index (χ3n) is 5.03. The maximum absolute atomic E-state index is 14.8. The van der Waals surface area contributed by atoms with Gasteiger partial charge < -0.3 is 24.9 Å². The van der Waals surface area contributed by atoms with Gasteiger partial charge in [-0.3, -0.25) is 0 Å². The van der Waals surface area contributed by atoms with Crippen LogP contribution in [0.1, 0.15) is 39.8 Å². The lowest BCUT2D eigenvalue weighted by Gasteiger charge is -2.30. The van der Waals surface area contributed by atoms with E-state index >= 15 is 0 Å². The molecule has 4 N–H and O–H groups in total. The molecule has 4 aromatic rings. The largest absolute Gasteiger partial charge is 0.493 e. The van der Waals surface area contributed by atoms with E-state index < -0.39 is 52.8 Å². The molecule has 4 rings (SSSR count). The summed E-state index contributed by atoms with van der Waals surface area (Å²) in [6.45, 7) is 6.31. The summed E-state index contributed by atoms with van der Waals surface area (Å²) in [5.41, 5.74) is -5.32. The second-order valence-corrected chi connectivity index (χ2v) is 10.1. The van der Waals surface area contributed by atoms with E-state index in [0.29, 0.717) is 17.5 Å². The van der Waals surface area contributed by atoms with E-state index in [1.54, 1.807) is 0 Å². The van der Waals surface area contributed by atoms with Crippen molar-refractivity contribution in [2.45, 2.75) is 51.8 Å². The fraction of sp³-hybridized carbons (Fsp3) is 0.348. The number of aromatic nitrogens is 4. The second kappa shape index (κ2) is 10.9. The van der Waals surface area contributed by atoms with E-state index in [4.69, 9.17) is 24.0 Å². The monoisotopic (exact) mass is 588 g/mol. The molecule has 0 atom stereocenters. The lowest BCUT2D eigenvalue weighted by molar-refractivity contribution is -0.270. The normalized spacial score (nSPS) is 12.4. The van der Waals surface area contributed by atoms with Gasteiger partial charge in [0.25, 0.3) is 5.91 Å².